The number of rotatable bonds is 7. The Morgan fingerprint density at radius 1 is 1.38 bits per heavy atom. The van der Waals surface area contributed by atoms with Gasteiger partial charge < -0.3 is 18.6 Å². The summed E-state index contributed by atoms with van der Waals surface area (Å²) in [5.41, 5.74) is 2.70. The van der Waals surface area contributed by atoms with Crippen LogP contribution < -0.4 is 14.8 Å². The zero-order valence-electron chi connectivity index (χ0n) is 16.2. The quantitative estimate of drug-likeness (QED) is 0.591. The summed E-state index contributed by atoms with van der Waals surface area (Å²) < 4.78 is 18.5. The van der Waals surface area contributed by atoms with E-state index in [9.17, 15) is 4.79 Å². The standard InChI is InChI=1S/C20H22N4O4S/c1-3-27-20(25)15-12-29-19(23-15)14-9-17(26-2)22-10-16(14)28-11-13-5-4-7-24-8-6-21-18(13)24/h4-10,15,19,23H,3,11-12H2,1-2H3. The minimum absolute atomic E-state index is 0.126. The molecule has 0 amide bonds. The third kappa shape index (κ3) is 4.15. The first-order chi connectivity index (χ1) is 14.2. The van der Waals surface area contributed by atoms with Gasteiger partial charge in [-0.15, -0.1) is 11.8 Å². The summed E-state index contributed by atoms with van der Waals surface area (Å²) >= 11 is 1.62. The Balaban J connectivity index is 1.55. The summed E-state index contributed by atoms with van der Waals surface area (Å²) in [5, 5.41) is 3.19. The van der Waals surface area contributed by atoms with Gasteiger partial charge in [-0.1, -0.05) is 6.07 Å². The van der Waals surface area contributed by atoms with Crippen molar-refractivity contribution >= 4 is 23.4 Å². The predicted octanol–water partition coefficient (Wildman–Crippen LogP) is 2.58. The van der Waals surface area contributed by atoms with Crippen LogP contribution in [0.5, 0.6) is 11.6 Å². The molecule has 4 heterocycles. The van der Waals surface area contributed by atoms with E-state index in [0.717, 1.165) is 16.8 Å². The summed E-state index contributed by atoms with van der Waals surface area (Å²) in [5.74, 6) is 1.51. The van der Waals surface area contributed by atoms with Crippen molar-refractivity contribution in [3.8, 4) is 11.6 Å². The van der Waals surface area contributed by atoms with Gasteiger partial charge in [0.15, 0.2) is 0 Å². The number of carbonyl (C=O) groups excluding carboxylic acids is 1. The largest absolute Gasteiger partial charge is 0.487 e. The minimum Gasteiger partial charge on any atom is -0.487 e. The molecule has 0 aromatic carbocycles. The van der Waals surface area contributed by atoms with Crippen molar-refractivity contribution in [2.45, 2.75) is 24.9 Å². The maximum absolute atomic E-state index is 12.1. The first-order valence-corrected chi connectivity index (χ1v) is 10.4. The third-order valence-corrected chi connectivity index (χ3v) is 5.85. The lowest BCUT2D eigenvalue weighted by molar-refractivity contribution is -0.144. The fourth-order valence-electron chi connectivity index (χ4n) is 3.18. The van der Waals surface area contributed by atoms with E-state index >= 15 is 0 Å². The smallest absolute Gasteiger partial charge is 0.324 e. The minimum atomic E-state index is -0.351. The number of pyridine rings is 2. The highest BCUT2D eigenvalue weighted by molar-refractivity contribution is 7.99. The monoisotopic (exact) mass is 414 g/mol. The molecule has 1 N–H and O–H groups in total. The molecule has 29 heavy (non-hydrogen) atoms. The van der Waals surface area contributed by atoms with E-state index < -0.39 is 0 Å². The van der Waals surface area contributed by atoms with Crippen LogP contribution in [0.3, 0.4) is 0 Å². The van der Waals surface area contributed by atoms with Crippen LogP contribution in [-0.4, -0.2) is 45.8 Å². The van der Waals surface area contributed by atoms with Gasteiger partial charge in [0.25, 0.3) is 0 Å². The number of carbonyl (C=O) groups is 1. The number of nitrogens with zero attached hydrogens (tertiary/aromatic N) is 3. The zero-order chi connectivity index (χ0) is 20.2. The number of methoxy groups -OCH3 is 1. The first-order valence-electron chi connectivity index (χ1n) is 9.31. The van der Waals surface area contributed by atoms with Crippen LogP contribution in [0.25, 0.3) is 5.65 Å². The van der Waals surface area contributed by atoms with E-state index in [1.165, 1.54) is 0 Å². The molecule has 1 fully saturated rings. The molecule has 0 bridgehead atoms. The second-order valence-electron chi connectivity index (χ2n) is 6.43. The summed E-state index contributed by atoms with van der Waals surface area (Å²) in [4.78, 5) is 20.7. The Morgan fingerprint density at radius 2 is 2.28 bits per heavy atom. The second-order valence-corrected chi connectivity index (χ2v) is 7.57. The van der Waals surface area contributed by atoms with Crippen molar-refractivity contribution in [3.63, 3.8) is 0 Å². The number of aromatic nitrogens is 3. The van der Waals surface area contributed by atoms with Crippen molar-refractivity contribution in [2.24, 2.45) is 0 Å². The van der Waals surface area contributed by atoms with Gasteiger partial charge in [0.05, 0.1) is 25.3 Å². The van der Waals surface area contributed by atoms with Crippen LogP contribution in [0, 0.1) is 0 Å². The van der Waals surface area contributed by atoms with E-state index in [2.05, 4.69) is 15.3 Å². The molecule has 8 nitrogen and oxygen atoms in total. The molecule has 3 aromatic heterocycles. The summed E-state index contributed by atoms with van der Waals surface area (Å²) in [7, 11) is 1.57. The van der Waals surface area contributed by atoms with Crippen molar-refractivity contribution < 1.29 is 19.0 Å². The van der Waals surface area contributed by atoms with Gasteiger partial charge in [-0.25, -0.2) is 9.97 Å². The normalized spacial score (nSPS) is 18.7. The SMILES string of the molecule is CCOC(=O)C1CSC(c2cc(OC)ncc2OCc2cccn3ccnc23)N1. The Hall–Kier alpha value is -2.78. The molecule has 152 valence electrons. The average Bonchev–Trinajstić information content (AvgIpc) is 3.42. The number of esters is 1. The highest BCUT2D eigenvalue weighted by Crippen LogP contribution is 2.39. The molecule has 9 heteroatoms. The number of ether oxygens (including phenoxy) is 3. The van der Waals surface area contributed by atoms with Gasteiger partial charge >= 0.3 is 5.97 Å². The first kappa shape index (κ1) is 19.5. The number of imidazole rings is 1. The molecule has 0 saturated carbocycles. The summed E-state index contributed by atoms with van der Waals surface area (Å²) in [6.45, 7) is 2.52. The molecular weight excluding hydrogens is 392 g/mol. The Morgan fingerprint density at radius 3 is 3.10 bits per heavy atom. The maximum Gasteiger partial charge on any atom is 0.324 e. The van der Waals surface area contributed by atoms with Gasteiger partial charge in [-0.2, -0.15) is 0 Å². The van der Waals surface area contributed by atoms with Crippen molar-refractivity contribution in [1.29, 1.82) is 0 Å². The van der Waals surface area contributed by atoms with Gasteiger partial charge in [0.2, 0.25) is 5.88 Å². The maximum atomic E-state index is 12.1. The van der Waals surface area contributed by atoms with E-state index in [1.807, 2.05) is 35.0 Å². The van der Waals surface area contributed by atoms with Gasteiger partial charge in [0.1, 0.15) is 24.0 Å². The molecule has 0 aliphatic carbocycles. The van der Waals surface area contributed by atoms with Crippen LogP contribution in [0.15, 0.2) is 43.0 Å². The molecule has 4 rings (SSSR count). The lowest BCUT2D eigenvalue weighted by Crippen LogP contribution is -2.35. The molecule has 1 aliphatic rings. The number of nitrogens with one attached hydrogen (secondary N) is 1. The number of thioether (sulfide) groups is 1. The molecule has 3 aromatic rings. The lowest BCUT2D eigenvalue weighted by Gasteiger charge is -2.18. The topological polar surface area (TPSA) is 87.0 Å². The van der Waals surface area contributed by atoms with E-state index in [0.29, 0.717) is 30.6 Å². The van der Waals surface area contributed by atoms with Crippen molar-refractivity contribution in [1.82, 2.24) is 19.7 Å². The molecule has 1 saturated heterocycles. The van der Waals surface area contributed by atoms with Gasteiger partial charge in [-0.3, -0.25) is 10.1 Å². The molecule has 0 radical (unpaired) electrons. The molecule has 1 aliphatic heterocycles. The highest BCUT2D eigenvalue weighted by atomic mass is 32.2. The average molecular weight is 414 g/mol. The molecule has 2 unspecified atom stereocenters. The fourth-order valence-corrected chi connectivity index (χ4v) is 4.42. The third-order valence-electron chi connectivity index (χ3n) is 4.60. The van der Waals surface area contributed by atoms with Crippen LogP contribution in [0.2, 0.25) is 0 Å². The molecular formula is C20H22N4O4S. The van der Waals surface area contributed by atoms with Crippen molar-refractivity contribution in [2.75, 3.05) is 19.5 Å². The van der Waals surface area contributed by atoms with Crippen LogP contribution >= 0.6 is 11.8 Å². The van der Waals surface area contributed by atoms with Gasteiger partial charge in [-0.05, 0) is 13.0 Å². The second kappa shape index (κ2) is 8.71. The number of hydrogen-bond acceptors (Lipinski definition) is 8. The summed E-state index contributed by atoms with van der Waals surface area (Å²) in [6.07, 6.45) is 7.25. The zero-order valence-corrected chi connectivity index (χ0v) is 17.0. The molecule has 0 spiro atoms. The van der Waals surface area contributed by atoms with Crippen LogP contribution in [0.1, 0.15) is 23.4 Å². The van der Waals surface area contributed by atoms with Gasteiger partial charge in [0, 0.05) is 41.5 Å². The van der Waals surface area contributed by atoms with E-state index in [4.69, 9.17) is 14.2 Å². The van der Waals surface area contributed by atoms with Crippen LogP contribution in [0.4, 0.5) is 0 Å². The predicted molar refractivity (Wildman–Crippen MR) is 109 cm³/mol. The Bertz CT molecular complexity index is 1010. The van der Waals surface area contributed by atoms with E-state index in [-0.39, 0.29) is 17.4 Å². The van der Waals surface area contributed by atoms with E-state index in [1.54, 1.807) is 38.2 Å². The Labute approximate surface area is 172 Å². The number of fused-ring (bicyclic) bond motifs is 1. The van der Waals surface area contributed by atoms with Crippen LogP contribution in [-0.2, 0) is 16.1 Å². The fraction of sp³-hybridized carbons (Fsp3) is 0.350. The lowest BCUT2D eigenvalue weighted by atomic mass is 10.2. The highest BCUT2D eigenvalue weighted by Gasteiger charge is 2.33. The van der Waals surface area contributed by atoms with Crippen molar-refractivity contribution in [3.05, 3.63) is 54.1 Å². The Kier molecular flexibility index (Phi) is 5.86. The number of hydrogen-bond donors (Lipinski definition) is 1. The summed E-state index contributed by atoms with van der Waals surface area (Å²) in [6, 6.07) is 5.43. The molecule has 2 atom stereocenters.